The topological polar surface area (TPSA) is 104 Å². The van der Waals surface area contributed by atoms with Crippen molar-refractivity contribution >= 4 is 17.7 Å². The van der Waals surface area contributed by atoms with E-state index in [1.165, 1.54) is 10.8 Å². The van der Waals surface area contributed by atoms with Gasteiger partial charge in [0.2, 0.25) is 0 Å². The lowest BCUT2D eigenvalue weighted by Gasteiger charge is -2.15. The van der Waals surface area contributed by atoms with E-state index < -0.39 is 12.1 Å². The lowest BCUT2D eigenvalue weighted by atomic mass is 9.98. The summed E-state index contributed by atoms with van der Waals surface area (Å²) in [5, 5.41) is 21.9. The Kier molecular flexibility index (Phi) is 5.78. The summed E-state index contributed by atoms with van der Waals surface area (Å²) in [7, 11) is 0. The van der Waals surface area contributed by atoms with Gasteiger partial charge < -0.3 is 14.4 Å². The second-order valence-corrected chi connectivity index (χ2v) is 8.25. The van der Waals surface area contributed by atoms with Gasteiger partial charge in [0.1, 0.15) is 12.7 Å². The molecule has 1 amide bonds. The van der Waals surface area contributed by atoms with Gasteiger partial charge in [0, 0.05) is 18.7 Å². The highest BCUT2D eigenvalue weighted by Gasteiger charge is 2.30. The van der Waals surface area contributed by atoms with Crippen molar-refractivity contribution in [2.45, 2.75) is 12.5 Å². The molecule has 0 saturated heterocycles. The number of aromatic nitrogens is 1. The van der Waals surface area contributed by atoms with Gasteiger partial charge in [0.15, 0.2) is 5.69 Å². The van der Waals surface area contributed by atoms with Crippen molar-refractivity contribution in [2.24, 2.45) is 0 Å². The number of rotatable bonds is 6. The third kappa shape index (κ3) is 4.13. The molecule has 5 rings (SSSR count). The molecule has 0 bridgehead atoms. The Labute approximate surface area is 201 Å². The van der Waals surface area contributed by atoms with Gasteiger partial charge in [-0.1, -0.05) is 78.9 Å². The number of carbonyl (C=O) groups excluding carboxylic acids is 1. The fraction of sp³-hybridized carbons (Fsp3) is 0.107. The van der Waals surface area contributed by atoms with Crippen LogP contribution in [0.1, 0.15) is 38.7 Å². The standard InChI is InChI=1S/C28H21N3O4/c29-14-19-16-31(15-18-8-2-1-3-9-18)26(27(32)33)25(19)30-28(34)35-17-24-22-12-6-4-10-20(22)21-11-5-7-13-23(21)24/h1-13,16,24H,15,17H2,(H,30,34)(H,32,33). The van der Waals surface area contributed by atoms with Crippen LogP contribution in [0.4, 0.5) is 10.5 Å². The molecule has 7 nitrogen and oxygen atoms in total. The Morgan fingerprint density at radius 1 is 0.943 bits per heavy atom. The van der Waals surface area contributed by atoms with Crippen molar-refractivity contribution in [1.29, 1.82) is 5.26 Å². The third-order valence-electron chi connectivity index (χ3n) is 6.17. The monoisotopic (exact) mass is 463 g/mol. The number of aromatic carboxylic acids is 1. The lowest BCUT2D eigenvalue weighted by Crippen LogP contribution is -2.20. The molecule has 0 radical (unpaired) electrons. The smallest absolute Gasteiger partial charge is 0.411 e. The first-order valence-corrected chi connectivity index (χ1v) is 11.1. The van der Waals surface area contributed by atoms with Crippen LogP contribution in [-0.2, 0) is 11.3 Å². The van der Waals surface area contributed by atoms with E-state index in [1.807, 2.05) is 84.9 Å². The number of fused-ring (bicyclic) bond motifs is 3. The van der Waals surface area contributed by atoms with Gasteiger partial charge in [0.05, 0.1) is 11.3 Å². The van der Waals surface area contributed by atoms with Crippen LogP contribution in [0.15, 0.2) is 85.1 Å². The van der Waals surface area contributed by atoms with Gasteiger partial charge in [-0.2, -0.15) is 5.26 Å². The lowest BCUT2D eigenvalue weighted by molar-refractivity contribution is 0.0687. The number of nitrogens with one attached hydrogen (secondary N) is 1. The van der Waals surface area contributed by atoms with E-state index in [-0.39, 0.29) is 36.0 Å². The van der Waals surface area contributed by atoms with E-state index in [2.05, 4.69) is 5.32 Å². The number of amides is 1. The minimum Gasteiger partial charge on any atom is -0.477 e. The van der Waals surface area contributed by atoms with Gasteiger partial charge in [-0.15, -0.1) is 0 Å². The molecule has 0 spiro atoms. The molecule has 172 valence electrons. The van der Waals surface area contributed by atoms with E-state index >= 15 is 0 Å². The molecule has 1 aliphatic rings. The molecule has 1 aliphatic carbocycles. The SMILES string of the molecule is N#Cc1cn(Cc2ccccc2)c(C(=O)O)c1NC(=O)OCC1c2ccccc2-c2ccccc21. The summed E-state index contributed by atoms with van der Waals surface area (Å²) in [6.45, 7) is 0.318. The molecule has 0 fully saturated rings. The number of ether oxygens (including phenoxy) is 1. The normalized spacial score (nSPS) is 11.9. The molecule has 3 aromatic carbocycles. The Balaban J connectivity index is 1.37. The number of nitriles is 1. The van der Waals surface area contributed by atoms with Crippen LogP contribution in [-0.4, -0.2) is 28.3 Å². The van der Waals surface area contributed by atoms with Crippen molar-refractivity contribution in [3.8, 4) is 17.2 Å². The van der Waals surface area contributed by atoms with E-state index in [1.54, 1.807) is 0 Å². The second kappa shape index (κ2) is 9.20. The maximum atomic E-state index is 12.8. The van der Waals surface area contributed by atoms with Crippen molar-refractivity contribution in [1.82, 2.24) is 4.57 Å². The summed E-state index contributed by atoms with van der Waals surface area (Å²) >= 11 is 0. The van der Waals surface area contributed by atoms with Crippen molar-refractivity contribution in [3.63, 3.8) is 0 Å². The predicted octanol–water partition coefficient (Wildman–Crippen LogP) is 5.47. The molecular weight excluding hydrogens is 442 g/mol. The highest BCUT2D eigenvalue weighted by molar-refractivity contribution is 5.99. The fourth-order valence-corrected chi connectivity index (χ4v) is 4.64. The maximum absolute atomic E-state index is 12.8. The predicted molar refractivity (Wildman–Crippen MR) is 130 cm³/mol. The number of hydrogen-bond donors (Lipinski definition) is 2. The number of benzene rings is 3. The summed E-state index contributed by atoms with van der Waals surface area (Å²) in [6, 6.07) is 27.2. The molecule has 2 N–H and O–H groups in total. The number of nitrogens with zero attached hydrogens (tertiary/aromatic N) is 2. The zero-order chi connectivity index (χ0) is 24.4. The molecule has 1 aromatic heterocycles. The van der Waals surface area contributed by atoms with Crippen LogP contribution in [0, 0.1) is 11.3 Å². The van der Waals surface area contributed by atoms with Crippen LogP contribution in [0.5, 0.6) is 0 Å². The summed E-state index contributed by atoms with van der Waals surface area (Å²) < 4.78 is 6.98. The zero-order valence-corrected chi connectivity index (χ0v) is 18.6. The first-order chi connectivity index (χ1) is 17.1. The van der Waals surface area contributed by atoms with Crippen LogP contribution in [0.2, 0.25) is 0 Å². The van der Waals surface area contributed by atoms with Gasteiger partial charge in [-0.05, 0) is 27.8 Å². The molecular formula is C28H21N3O4. The zero-order valence-electron chi connectivity index (χ0n) is 18.6. The van der Waals surface area contributed by atoms with E-state index in [4.69, 9.17) is 4.74 Å². The first kappa shape index (κ1) is 22.0. The molecule has 0 atom stereocenters. The number of anilines is 1. The molecule has 0 saturated carbocycles. The second-order valence-electron chi connectivity index (χ2n) is 8.25. The van der Waals surface area contributed by atoms with Crippen molar-refractivity contribution < 1.29 is 19.4 Å². The Morgan fingerprint density at radius 3 is 2.14 bits per heavy atom. The largest absolute Gasteiger partial charge is 0.477 e. The third-order valence-corrected chi connectivity index (χ3v) is 6.17. The molecule has 4 aromatic rings. The molecule has 0 unspecified atom stereocenters. The molecule has 0 aliphatic heterocycles. The minimum atomic E-state index is -1.25. The van der Waals surface area contributed by atoms with Crippen LogP contribution in [0.3, 0.4) is 0 Å². The highest BCUT2D eigenvalue weighted by atomic mass is 16.5. The van der Waals surface area contributed by atoms with Crippen molar-refractivity contribution in [3.05, 3.63) is 113 Å². The molecule has 35 heavy (non-hydrogen) atoms. The van der Waals surface area contributed by atoms with Gasteiger partial charge in [0.25, 0.3) is 0 Å². The number of carbonyl (C=O) groups is 2. The Morgan fingerprint density at radius 2 is 1.54 bits per heavy atom. The minimum absolute atomic E-state index is 0.0480. The number of carboxylic acid groups (broad SMARTS) is 1. The number of hydrogen-bond acceptors (Lipinski definition) is 4. The number of carboxylic acids is 1. The summed E-state index contributed by atoms with van der Waals surface area (Å²) in [5.41, 5.74) is 5.00. The molecule has 7 heteroatoms. The van der Waals surface area contributed by atoms with Crippen LogP contribution < -0.4 is 5.32 Å². The first-order valence-electron chi connectivity index (χ1n) is 11.1. The fourth-order valence-electron chi connectivity index (χ4n) is 4.64. The van der Waals surface area contributed by atoms with Crippen LogP contribution in [0.25, 0.3) is 11.1 Å². The maximum Gasteiger partial charge on any atom is 0.411 e. The van der Waals surface area contributed by atoms with Gasteiger partial charge in [-0.25, -0.2) is 9.59 Å². The average molecular weight is 463 g/mol. The Hall–Kier alpha value is -4.83. The van der Waals surface area contributed by atoms with Gasteiger partial charge in [-0.3, -0.25) is 5.32 Å². The van der Waals surface area contributed by atoms with E-state index in [0.29, 0.717) is 0 Å². The Bertz CT molecular complexity index is 1420. The highest BCUT2D eigenvalue weighted by Crippen LogP contribution is 2.44. The summed E-state index contributed by atoms with van der Waals surface area (Å²) in [5.74, 6) is -1.39. The van der Waals surface area contributed by atoms with E-state index in [0.717, 1.165) is 27.8 Å². The quantitative estimate of drug-likeness (QED) is 0.395. The summed E-state index contributed by atoms with van der Waals surface area (Å²) in [4.78, 5) is 24.8. The molecule has 1 heterocycles. The van der Waals surface area contributed by atoms with Crippen LogP contribution >= 0.6 is 0 Å². The van der Waals surface area contributed by atoms with Crippen molar-refractivity contribution in [2.75, 3.05) is 11.9 Å². The summed E-state index contributed by atoms with van der Waals surface area (Å²) in [6.07, 6.45) is 0.610. The van der Waals surface area contributed by atoms with Gasteiger partial charge >= 0.3 is 12.1 Å². The van der Waals surface area contributed by atoms with E-state index in [9.17, 15) is 20.0 Å². The average Bonchev–Trinajstić information content (AvgIpc) is 3.38.